The number of amides is 1. The molecule has 7 nitrogen and oxygen atoms in total. The first kappa shape index (κ1) is 18.2. The second kappa shape index (κ2) is 8.60. The van der Waals surface area contributed by atoms with Gasteiger partial charge in [0.05, 0.1) is 17.8 Å². The number of hydrogen-bond acceptors (Lipinski definition) is 4. The molecule has 0 fully saturated rings. The molecule has 24 heavy (non-hydrogen) atoms. The van der Waals surface area contributed by atoms with Gasteiger partial charge in [0, 0.05) is 32.5 Å². The maximum absolute atomic E-state index is 12.3. The molecular formula is C16H22N4O3S. The summed E-state index contributed by atoms with van der Waals surface area (Å²) in [7, 11) is -2.23. The van der Waals surface area contributed by atoms with E-state index in [4.69, 9.17) is 0 Å². The summed E-state index contributed by atoms with van der Waals surface area (Å²) in [6.45, 7) is 1.17. The number of hydrogen-bond donors (Lipinski definition) is 1. The van der Waals surface area contributed by atoms with Crippen molar-refractivity contribution in [2.24, 2.45) is 0 Å². The zero-order chi connectivity index (χ0) is 17.4. The lowest BCUT2D eigenvalue weighted by atomic mass is 10.3. The van der Waals surface area contributed by atoms with Crippen LogP contribution in [0.1, 0.15) is 12.8 Å². The number of carbonyl (C=O) groups is 1. The topological polar surface area (TPSA) is 84.3 Å². The highest BCUT2D eigenvalue weighted by Gasteiger charge is 2.22. The number of nitrogens with one attached hydrogen (secondary N) is 1. The van der Waals surface area contributed by atoms with Gasteiger partial charge >= 0.3 is 0 Å². The average molecular weight is 350 g/mol. The van der Waals surface area contributed by atoms with Gasteiger partial charge in [0.25, 0.3) is 0 Å². The first-order chi connectivity index (χ1) is 11.5. The van der Waals surface area contributed by atoms with E-state index in [2.05, 4.69) is 10.3 Å². The molecule has 0 unspecified atom stereocenters. The van der Waals surface area contributed by atoms with Crippen molar-refractivity contribution < 1.29 is 13.2 Å². The summed E-state index contributed by atoms with van der Waals surface area (Å²) in [5.74, 6) is -0.306. The Morgan fingerprint density at radius 1 is 1.25 bits per heavy atom. The minimum absolute atomic E-state index is 0.181. The van der Waals surface area contributed by atoms with E-state index in [-0.39, 0.29) is 17.3 Å². The van der Waals surface area contributed by atoms with Gasteiger partial charge in [0.1, 0.15) is 0 Å². The van der Waals surface area contributed by atoms with Gasteiger partial charge in [0.15, 0.2) is 0 Å². The SMILES string of the molecule is CN(CC(=O)NCCCCn1ccnc1)S(=O)(=O)c1ccccc1. The van der Waals surface area contributed by atoms with Gasteiger partial charge in [-0.1, -0.05) is 18.2 Å². The van der Waals surface area contributed by atoms with Crippen LogP contribution in [0, 0.1) is 0 Å². The monoisotopic (exact) mass is 350 g/mol. The number of unbranched alkanes of at least 4 members (excludes halogenated alkanes) is 1. The van der Waals surface area contributed by atoms with Crippen molar-refractivity contribution in [3.05, 3.63) is 49.1 Å². The Kier molecular flexibility index (Phi) is 6.51. The zero-order valence-electron chi connectivity index (χ0n) is 13.6. The van der Waals surface area contributed by atoms with E-state index in [0.717, 1.165) is 23.7 Å². The van der Waals surface area contributed by atoms with Crippen LogP contribution in [-0.2, 0) is 21.4 Å². The van der Waals surface area contributed by atoms with Gasteiger partial charge in [-0.2, -0.15) is 4.31 Å². The molecule has 1 N–H and O–H groups in total. The Labute approximate surface area is 142 Å². The summed E-state index contributed by atoms with van der Waals surface area (Å²) in [5.41, 5.74) is 0. The van der Waals surface area contributed by atoms with Crippen molar-refractivity contribution >= 4 is 15.9 Å². The lowest BCUT2D eigenvalue weighted by molar-refractivity contribution is -0.121. The van der Waals surface area contributed by atoms with Gasteiger partial charge in [-0.25, -0.2) is 13.4 Å². The lowest BCUT2D eigenvalue weighted by Crippen LogP contribution is -2.38. The third-order valence-corrected chi connectivity index (χ3v) is 5.36. The largest absolute Gasteiger partial charge is 0.355 e. The molecule has 0 aliphatic heterocycles. The molecule has 0 spiro atoms. The second-order valence-corrected chi connectivity index (χ2v) is 7.48. The van der Waals surface area contributed by atoms with Crippen LogP contribution >= 0.6 is 0 Å². The first-order valence-electron chi connectivity index (χ1n) is 7.74. The summed E-state index contributed by atoms with van der Waals surface area (Å²) in [6.07, 6.45) is 7.10. The lowest BCUT2D eigenvalue weighted by Gasteiger charge is -2.16. The van der Waals surface area contributed by atoms with Crippen LogP contribution in [-0.4, -0.2) is 48.3 Å². The van der Waals surface area contributed by atoms with Crippen molar-refractivity contribution in [1.29, 1.82) is 0 Å². The fourth-order valence-electron chi connectivity index (χ4n) is 2.18. The smallest absolute Gasteiger partial charge is 0.243 e. The van der Waals surface area contributed by atoms with E-state index in [1.807, 2.05) is 10.8 Å². The van der Waals surface area contributed by atoms with Crippen molar-refractivity contribution in [2.75, 3.05) is 20.1 Å². The Balaban J connectivity index is 1.71. The molecule has 0 radical (unpaired) electrons. The highest BCUT2D eigenvalue weighted by atomic mass is 32.2. The third kappa shape index (κ3) is 5.17. The normalized spacial score (nSPS) is 11.6. The van der Waals surface area contributed by atoms with Crippen LogP contribution < -0.4 is 5.32 Å². The second-order valence-electron chi connectivity index (χ2n) is 5.43. The highest BCUT2D eigenvalue weighted by Crippen LogP contribution is 2.12. The van der Waals surface area contributed by atoms with E-state index >= 15 is 0 Å². The molecule has 0 saturated carbocycles. The molecule has 1 aromatic heterocycles. The van der Waals surface area contributed by atoms with Gasteiger partial charge in [-0.05, 0) is 25.0 Å². The van der Waals surface area contributed by atoms with Crippen molar-refractivity contribution in [3.63, 3.8) is 0 Å². The zero-order valence-corrected chi connectivity index (χ0v) is 14.4. The fraction of sp³-hybridized carbons (Fsp3) is 0.375. The number of likely N-dealkylation sites (N-methyl/N-ethyl adjacent to an activating group) is 1. The molecular weight excluding hydrogens is 328 g/mol. The van der Waals surface area contributed by atoms with E-state index < -0.39 is 10.0 Å². The Morgan fingerprint density at radius 2 is 2.00 bits per heavy atom. The van der Waals surface area contributed by atoms with Crippen LogP contribution in [0.2, 0.25) is 0 Å². The molecule has 0 saturated heterocycles. The van der Waals surface area contributed by atoms with Gasteiger partial charge in [-0.15, -0.1) is 0 Å². The molecule has 8 heteroatoms. The Hall–Kier alpha value is -2.19. The quantitative estimate of drug-likeness (QED) is 0.687. The minimum Gasteiger partial charge on any atom is -0.355 e. The summed E-state index contributed by atoms with van der Waals surface area (Å²) >= 11 is 0. The first-order valence-corrected chi connectivity index (χ1v) is 9.18. The van der Waals surface area contributed by atoms with Crippen LogP contribution in [0.5, 0.6) is 0 Å². The number of rotatable bonds is 9. The van der Waals surface area contributed by atoms with E-state index in [1.165, 1.54) is 19.2 Å². The van der Waals surface area contributed by atoms with Crippen LogP contribution in [0.4, 0.5) is 0 Å². The molecule has 1 aromatic carbocycles. The predicted molar refractivity (Wildman–Crippen MR) is 90.7 cm³/mol. The summed E-state index contributed by atoms with van der Waals surface area (Å²) in [6, 6.07) is 8.08. The van der Waals surface area contributed by atoms with Crippen LogP contribution in [0.15, 0.2) is 53.9 Å². The van der Waals surface area contributed by atoms with E-state index in [0.29, 0.717) is 6.54 Å². The number of nitrogens with zero attached hydrogens (tertiary/aromatic N) is 3. The molecule has 0 atom stereocenters. The average Bonchev–Trinajstić information content (AvgIpc) is 3.08. The Bertz CT molecular complexity index is 730. The molecule has 130 valence electrons. The molecule has 1 amide bonds. The fourth-order valence-corrected chi connectivity index (χ4v) is 3.33. The molecule has 0 aliphatic rings. The third-order valence-electron chi connectivity index (χ3n) is 3.54. The van der Waals surface area contributed by atoms with Gasteiger partial charge in [-0.3, -0.25) is 4.79 Å². The molecule has 2 aromatic rings. The van der Waals surface area contributed by atoms with Crippen LogP contribution in [0.25, 0.3) is 0 Å². The number of aromatic nitrogens is 2. The predicted octanol–water partition coefficient (Wildman–Crippen LogP) is 1.10. The summed E-state index contributed by atoms with van der Waals surface area (Å²) in [4.78, 5) is 16.0. The van der Waals surface area contributed by atoms with Gasteiger partial charge < -0.3 is 9.88 Å². The van der Waals surface area contributed by atoms with E-state index in [1.54, 1.807) is 30.7 Å². The molecule has 2 rings (SSSR count). The summed E-state index contributed by atoms with van der Waals surface area (Å²) in [5, 5.41) is 2.75. The van der Waals surface area contributed by atoms with Crippen LogP contribution in [0.3, 0.4) is 0 Å². The standard InChI is InChI=1S/C16H22N4O3S/c1-19(24(22,23)15-7-3-2-4-8-15)13-16(21)18-9-5-6-11-20-12-10-17-14-20/h2-4,7-8,10,12,14H,5-6,9,11,13H2,1H3,(H,18,21). The number of carbonyl (C=O) groups excluding carboxylic acids is 1. The van der Waals surface area contributed by atoms with Crippen molar-refractivity contribution in [2.45, 2.75) is 24.3 Å². The number of imidazole rings is 1. The number of aryl methyl sites for hydroxylation is 1. The molecule has 1 heterocycles. The van der Waals surface area contributed by atoms with Crippen molar-refractivity contribution in [1.82, 2.24) is 19.2 Å². The Morgan fingerprint density at radius 3 is 2.67 bits per heavy atom. The van der Waals surface area contributed by atoms with Crippen molar-refractivity contribution in [3.8, 4) is 0 Å². The summed E-state index contributed by atoms with van der Waals surface area (Å²) < 4.78 is 27.7. The number of sulfonamides is 1. The maximum atomic E-state index is 12.3. The minimum atomic E-state index is -3.64. The highest BCUT2D eigenvalue weighted by molar-refractivity contribution is 7.89. The molecule has 0 bridgehead atoms. The van der Waals surface area contributed by atoms with Gasteiger partial charge in [0.2, 0.25) is 15.9 Å². The maximum Gasteiger partial charge on any atom is 0.243 e. The van der Waals surface area contributed by atoms with E-state index in [9.17, 15) is 13.2 Å². The number of benzene rings is 1. The molecule has 0 aliphatic carbocycles.